The van der Waals surface area contributed by atoms with Gasteiger partial charge in [0.15, 0.2) is 9.84 Å². The highest BCUT2D eigenvalue weighted by atomic mass is 32.2. The highest BCUT2D eigenvalue weighted by Crippen LogP contribution is 2.11. The van der Waals surface area contributed by atoms with Crippen molar-refractivity contribution in [3.63, 3.8) is 0 Å². The fourth-order valence-electron chi connectivity index (χ4n) is 1.68. The standard InChI is InChI=1S/C13H18N2O3S2/c1-3-5-11(12(14)19)15-13(16)9-6-4-7-10(8-9)20(2,17)18/h4,6-8,11H,3,5H2,1-2H3,(H2,14,19)(H,15,16). The highest BCUT2D eigenvalue weighted by molar-refractivity contribution is 7.90. The summed E-state index contributed by atoms with van der Waals surface area (Å²) >= 11 is 4.90. The average Bonchev–Trinajstić information content (AvgIpc) is 2.37. The third kappa shape index (κ3) is 4.57. The summed E-state index contributed by atoms with van der Waals surface area (Å²) in [4.78, 5) is 12.4. The van der Waals surface area contributed by atoms with Gasteiger partial charge in [0.1, 0.15) is 0 Å². The molecule has 0 heterocycles. The molecule has 0 saturated carbocycles. The summed E-state index contributed by atoms with van der Waals surface area (Å²) in [6.45, 7) is 1.96. The van der Waals surface area contributed by atoms with Crippen molar-refractivity contribution >= 4 is 33.0 Å². The Morgan fingerprint density at radius 3 is 2.60 bits per heavy atom. The van der Waals surface area contributed by atoms with E-state index in [4.69, 9.17) is 18.0 Å². The first-order valence-corrected chi connectivity index (χ1v) is 8.46. The summed E-state index contributed by atoms with van der Waals surface area (Å²) in [6, 6.07) is 5.48. The van der Waals surface area contributed by atoms with Gasteiger partial charge in [-0.2, -0.15) is 0 Å². The van der Waals surface area contributed by atoms with Gasteiger partial charge in [0.25, 0.3) is 5.91 Å². The molecule has 3 N–H and O–H groups in total. The van der Waals surface area contributed by atoms with Crippen LogP contribution >= 0.6 is 12.2 Å². The molecule has 0 aliphatic heterocycles. The van der Waals surface area contributed by atoms with Gasteiger partial charge < -0.3 is 11.1 Å². The molecule has 0 bridgehead atoms. The molecule has 1 rings (SSSR count). The Kier molecular flexibility index (Phi) is 5.64. The Labute approximate surface area is 124 Å². The van der Waals surface area contributed by atoms with Crippen molar-refractivity contribution in [3.05, 3.63) is 29.8 Å². The fraction of sp³-hybridized carbons (Fsp3) is 0.385. The number of thiocarbonyl (C=S) groups is 1. The van der Waals surface area contributed by atoms with Crippen molar-refractivity contribution in [1.29, 1.82) is 0 Å². The lowest BCUT2D eigenvalue weighted by Gasteiger charge is -2.16. The monoisotopic (exact) mass is 314 g/mol. The van der Waals surface area contributed by atoms with E-state index in [-0.39, 0.29) is 27.4 Å². The fourth-order valence-corrected chi connectivity index (χ4v) is 2.53. The topological polar surface area (TPSA) is 89.3 Å². The third-order valence-corrected chi connectivity index (χ3v) is 4.15. The van der Waals surface area contributed by atoms with Crippen molar-refractivity contribution in [2.24, 2.45) is 5.73 Å². The Balaban J connectivity index is 2.95. The minimum absolute atomic E-state index is 0.104. The van der Waals surface area contributed by atoms with Crippen molar-refractivity contribution in [1.82, 2.24) is 5.32 Å². The SMILES string of the molecule is CCCC(NC(=O)c1cccc(S(C)(=O)=O)c1)C(N)=S. The van der Waals surface area contributed by atoms with Gasteiger partial charge in [-0.1, -0.05) is 31.6 Å². The van der Waals surface area contributed by atoms with E-state index >= 15 is 0 Å². The molecule has 1 atom stereocenters. The van der Waals surface area contributed by atoms with Crippen LogP contribution in [0.15, 0.2) is 29.2 Å². The van der Waals surface area contributed by atoms with Crippen LogP contribution in [0, 0.1) is 0 Å². The molecule has 0 saturated heterocycles. The molecule has 0 aliphatic carbocycles. The van der Waals surface area contributed by atoms with Gasteiger partial charge in [-0.3, -0.25) is 4.79 Å². The minimum Gasteiger partial charge on any atom is -0.392 e. The van der Waals surface area contributed by atoms with Crippen LogP contribution < -0.4 is 11.1 Å². The summed E-state index contributed by atoms with van der Waals surface area (Å²) < 4.78 is 22.9. The van der Waals surface area contributed by atoms with Crippen LogP contribution in [-0.2, 0) is 9.84 Å². The maximum absolute atomic E-state index is 12.1. The first kappa shape index (κ1) is 16.6. The minimum atomic E-state index is -3.34. The van der Waals surface area contributed by atoms with Crippen molar-refractivity contribution < 1.29 is 13.2 Å². The van der Waals surface area contributed by atoms with Crippen LogP contribution in [0.1, 0.15) is 30.1 Å². The Hall–Kier alpha value is -1.47. The lowest BCUT2D eigenvalue weighted by Crippen LogP contribution is -2.43. The molecule has 0 spiro atoms. The maximum Gasteiger partial charge on any atom is 0.251 e. The van der Waals surface area contributed by atoms with Crippen LogP contribution in [0.25, 0.3) is 0 Å². The van der Waals surface area contributed by atoms with Gasteiger partial charge in [0.05, 0.1) is 15.9 Å². The first-order chi connectivity index (χ1) is 9.25. The van der Waals surface area contributed by atoms with Crippen molar-refractivity contribution in [2.45, 2.75) is 30.7 Å². The second kappa shape index (κ2) is 6.81. The zero-order valence-electron chi connectivity index (χ0n) is 11.4. The molecular weight excluding hydrogens is 296 g/mol. The van der Waals surface area contributed by atoms with Crippen LogP contribution in [-0.4, -0.2) is 31.6 Å². The molecule has 1 unspecified atom stereocenters. The maximum atomic E-state index is 12.1. The van der Waals surface area contributed by atoms with E-state index in [2.05, 4.69) is 5.32 Å². The normalized spacial score (nSPS) is 12.7. The number of sulfone groups is 1. The molecule has 20 heavy (non-hydrogen) atoms. The van der Waals surface area contributed by atoms with Gasteiger partial charge in [0, 0.05) is 11.8 Å². The number of amides is 1. The predicted molar refractivity (Wildman–Crippen MR) is 82.5 cm³/mol. The third-order valence-electron chi connectivity index (χ3n) is 2.75. The van der Waals surface area contributed by atoms with Gasteiger partial charge in [-0.25, -0.2) is 8.42 Å². The van der Waals surface area contributed by atoms with E-state index in [1.54, 1.807) is 6.07 Å². The summed E-state index contributed by atoms with van der Waals surface area (Å²) in [5.74, 6) is -0.387. The van der Waals surface area contributed by atoms with Crippen molar-refractivity contribution in [2.75, 3.05) is 6.26 Å². The molecule has 0 aromatic heterocycles. The molecule has 1 aromatic rings. The number of benzene rings is 1. The summed E-state index contributed by atoms with van der Waals surface area (Å²) in [5.41, 5.74) is 5.84. The van der Waals surface area contributed by atoms with Crippen LogP contribution in [0.4, 0.5) is 0 Å². The van der Waals surface area contributed by atoms with Crippen LogP contribution in [0.2, 0.25) is 0 Å². The lowest BCUT2D eigenvalue weighted by atomic mass is 10.1. The van der Waals surface area contributed by atoms with Gasteiger partial charge in [-0.05, 0) is 24.6 Å². The second-order valence-corrected chi connectivity index (χ2v) is 7.00. The van der Waals surface area contributed by atoms with Crippen molar-refractivity contribution in [3.8, 4) is 0 Å². The summed E-state index contributed by atoms with van der Waals surface area (Å²) in [7, 11) is -3.34. The van der Waals surface area contributed by atoms with E-state index in [9.17, 15) is 13.2 Å². The van der Waals surface area contributed by atoms with Crippen LogP contribution in [0.5, 0.6) is 0 Å². The molecule has 0 radical (unpaired) electrons. The molecule has 5 nitrogen and oxygen atoms in total. The largest absolute Gasteiger partial charge is 0.392 e. The van der Waals surface area contributed by atoms with Gasteiger partial charge in [-0.15, -0.1) is 0 Å². The average molecular weight is 314 g/mol. The molecule has 1 aromatic carbocycles. The molecule has 0 aliphatic rings. The second-order valence-electron chi connectivity index (χ2n) is 4.52. The smallest absolute Gasteiger partial charge is 0.251 e. The molecular formula is C13H18N2O3S2. The first-order valence-electron chi connectivity index (χ1n) is 6.16. The van der Waals surface area contributed by atoms with E-state index in [0.29, 0.717) is 6.42 Å². The van der Waals surface area contributed by atoms with E-state index < -0.39 is 9.84 Å². The summed E-state index contributed by atoms with van der Waals surface area (Å²) in [5, 5.41) is 2.71. The molecule has 110 valence electrons. The molecule has 1 amide bonds. The quantitative estimate of drug-likeness (QED) is 0.772. The molecule has 7 heteroatoms. The highest BCUT2D eigenvalue weighted by Gasteiger charge is 2.17. The number of nitrogens with one attached hydrogen (secondary N) is 1. The van der Waals surface area contributed by atoms with E-state index in [1.807, 2.05) is 6.92 Å². The van der Waals surface area contributed by atoms with E-state index in [0.717, 1.165) is 12.7 Å². The molecule has 0 fully saturated rings. The van der Waals surface area contributed by atoms with Crippen LogP contribution in [0.3, 0.4) is 0 Å². The number of carbonyl (C=O) groups is 1. The lowest BCUT2D eigenvalue weighted by molar-refractivity contribution is 0.0945. The predicted octanol–water partition coefficient (Wildman–Crippen LogP) is 1.27. The Morgan fingerprint density at radius 2 is 2.10 bits per heavy atom. The summed E-state index contributed by atoms with van der Waals surface area (Å²) in [6.07, 6.45) is 2.57. The van der Waals surface area contributed by atoms with E-state index in [1.165, 1.54) is 18.2 Å². The Bertz CT molecular complexity index is 612. The number of nitrogens with two attached hydrogens (primary N) is 1. The number of hydrogen-bond acceptors (Lipinski definition) is 4. The number of carbonyl (C=O) groups excluding carboxylic acids is 1. The Morgan fingerprint density at radius 1 is 1.45 bits per heavy atom. The zero-order chi connectivity index (χ0) is 15.3. The number of hydrogen-bond donors (Lipinski definition) is 2. The van der Waals surface area contributed by atoms with Gasteiger partial charge >= 0.3 is 0 Å². The zero-order valence-corrected chi connectivity index (χ0v) is 13.1. The van der Waals surface area contributed by atoms with Gasteiger partial charge in [0.2, 0.25) is 0 Å². The number of rotatable bonds is 6.